The second kappa shape index (κ2) is 6.27. The predicted molar refractivity (Wildman–Crippen MR) is 68.4 cm³/mol. The molecule has 0 aromatic heterocycles. The fraction of sp³-hybridized carbons (Fsp3) is 0.800. The van der Waals surface area contributed by atoms with E-state index in [1.165, 1.54) is 11.9 Å². The molecule has 1 atom stereocenters. The highest BCUT2D eigenvalue weighted by atomic mass is 127. The van der Waals surface area contributed by atoms with Crippen molar-refractivity contribution in [3.63, 3.8) is 0 Å². The summed E-state index contributed by atoms with van der Waals surface area (Å²) >= 11 is 1.92. The number of carbonyl (C=O) groups excluding carboxylic acids is 2. The van der Waals surface area contributed by atoms with E-state index < -0.39 is 23.7 Å². The van der Waals surface area contributed by atoms with Crippen LogP contribution >= 0.6 is 22.6 Å². The average molecular weight is 343 g/mol. The van der Waals surface area contributed by atoms with Crippen LogP contribution in [0.1, 0.15) is 27.7 Å². The topological polar surface area (TPSA) is 55.8 Å². The van der Waals surface area contributed by atoms with Crippen LogP contribution in [0, 0.1) is 0 Å². The number of nitrogens with zero attached hydrogens (tertiary/aromatic N) is 1. The third kappa shape index (κ3) is 5.53. The van der Waals surface area contributed by atoms with Gasteiger partial charge in [0.1, 0.15) is 16.3 Å². The maximum Gasteiger partial charge on any atom is 0.410 e. The lowest BCUT2D eigenvalue weighted by atomic mass is 10.2. The number of alkyl halides is 1. The van der Waals surface area contributed by atoms with Crippen molar-refractivity contribution in [2.45, 2.75) is 39.3 Å². The molecular formula is C10H18INO4. The molecule has 6 heteroatoms. The highest BCUT2D eigenvalue weighted by Gasteiger charge is 2.27. The minimum absolute atomic E-state index is 0.267. The van der Waals surface area contributed by atoms with E-state index in [2.05, 4.69) is 0 Å². The molecule has 0 spiro atoms. The first-order valence-corrected chi connectivity index (χ1v) is 6.40. The number of ether oxygens (including phenoxy) is 2. The summed E-state index contributed by atoms with van der Waals surface area (Å²) in [5, 5.41) is 0. The van der Waals surface area contributed by atoms with Gasteiger partial charge in [-0.2, -0.15) is 0 Å². The first-order chi connectivity index (χ1) is 7.19. The van der Waals surface area contributed by atoms with Crippen LogP contribution in [0.5, 0.6) is 0 Å². The summed E-state index contributed by atoms with van der Waals surface area (Å²) in [5.41, 5.74) is -0.571. The lowest BCUT2D eigenvalue weighted by Gasteiger charge is -2.27. The Morgan fingerprint density at radius 3 is 2.25 bits per heavy atom. The van der Waals surface area contributed by atoms with Crippen molar-refractivity contribution in [3.05, 3.63) is 0 Å². The number of hydrogen-bond acceptors (Lipinski definition) is 4. The largest absolute Gasteiger partial charge is 0.453 e. The number of carbonyl (C=O) groups is 2. The molecule has 0 unspecified atom stereocenters. The van der Waals surface area contributed by atoms with E-state index >= 15 is 0 Å². The maximum atomic E-state index is 11.6. The lowest BCUT2D eigenvalue weighted by Crippen LogP contribution is -2.43. The Morgan fingerprint density at radius 2 is 1.88 bits per heavy atom. The van der Waals surface area contributed by atoms with E-state index in [4.69, 9.17) is 9.47 Å². The van der Waals surface area contributed by atoms with Crippen molar-refractivity contribution < 1.29 is 19.1 Å². The van der Waals surface area contributed by atoms with Gasteiger partial charge in [-0.05, 0) is 50.3 Å². The van der Waals surface area contributed by atoms with Gasteiger partial charge >= 0.3 is 12.1 Å². The highest BCUT2D eigenvalue weighted by molar-refractivity contribution is 14.1. The number of esters is 1. The number of likely N-dealkylation sites (N-methyl/N-ethyl adjacent to an activating group) is 1. The van der Waals surface area contributed by atoms with Gasteiger partial charge in [-0.15, -0.1) is 0 Å². The zero-order valence-electron chi connectivity index (χ0n) is 10.2. The van der Waals surface area contributed by atoms with E-state index in [1.54, 1.807) is 27.7 Å². The van der Waals surface area contributed by atoms with Gasteiger partial charge in [-0.1, -0.05) is 0 Å². The second-order valence-corrected chi connectivity index (χ2v) is 4.96. The average Bonchev–Trinajstić information content (AvgIpc) is 2.13. The fourth-order valence-electron chi connectivity index (χ4n) is 0.825. The molecule has 1 amide bonds. The van der Waals surface area contributed by atoms with Gasteiger partial charge in [0.2, 0.25) is 0 Å². The molecule has 0 bridgehead atoms. The third-order valence-corrected chi connectivity index (χ3v) is 2.11. The molecule has 0 aliphatic rings. The van der Waals surface area contributed by atoms with Crippen LogP contribution in [0.25, 0.3) is 0 Å². The second-order valence-electron chi connectivity index (χ2n) is 4.34. The van der Waals surface area contributed by atoms with Crippen LogP contribution < -0.4 is 0 Å². The first kappa shape index (κ1) is 15.5. The molecule has 0 fully saturated rings. The molecule has 0 N–H and O–H groups in total. The van der Waals surface area contributed by atoms with Gasteiger partial charge < -0.3 is 9.47 Å². The molecule has 16 heavy (non-hydrogen) atoms. The zero-order valence-corrected chi connectivity index (χ0v) is 12.4. The van der Waals surface area contributed by atoms with E-state index in [0.717, 1.165) is 0 Å². The smallest absolute Gasteiger partial charge is 0.410 e. The van der Waals surface area contributed by atoms with Crippen LogP contribution in [-0.2, 0) is 14.3 Å². The molecule has 0 aromatic carbocycles. The summed E-state index contributed by atoms with van der Waals surface area (Å²) in [4.78, 5) is 24.2. The third-order valence-electron chi connectivity index (χ3n) is 1.80. The van der Waals surface area contributed by atoms with Gasteiger partial charge in [0.25, 0.3) is 0 Å². The van der Waals surface area contributed by atoms with Crippen molar-refractivity contribution in [1.82, 2.24) is 4.90 Å². The SMILES string of the molecule is C[C@@H](C(=O)OCI)N(C)C(=O)OC(C)(C)C. The summed E-state index contributed by atoms with van der Waals surface area (Å²) in [6.45, 7) is 6.91. The van der Waals surface area contributed by atoms with Crippen molar-refractivity contribution in [2.75, 3.05) is 11.7 Å². The van der Waals surface area contributed by atoms with Gasteiger partial charge in [0.05, 0.1) is 0 Å². The summed E-state index contributed by atoms with van der Waals surface area (Å²) < 4.78 is 10.2. The maximum absolute atomic E-state index is 11.6. The molecule has 5 nitrogen and oxygen atoms in total. The first-order valence-electron chi connectivity index (χ1n) is 4.87. The van der Waals surface area contributed by atoms with Gasteiger partial charge in [-0.25, -0.2) is 9.59 Å². The highest BCUT2D eigenvalue weighted by Crippen LogP contribution is 2.11. The molecule has 0 radical (unpaired) electrons. The fourth-order valence-corrected chi connectivity index (χ4v) is 1.13. The van der Waals surface area contributed by atoms with E-state index in [1.807, 2.05) is 22.6 Å². The number of hydrogen-bond donors (Lipinski definition) is 0. The van der Waals surface area contributed by atoms with E-state index in [9.17, 15) is 9.59 Å². The minimum atomic E-state index is -0.649. The minimum Gasteiger partial charge on any atom is -0.453 e. The summed E-state index contributed by atoms with van der Waals surface area (Å²) in [7, 11) is 1.51. The Labute approximate surface area is 110 Å². The quantitative estimate of drug-likeness (QED) is 0.448. The monoisotopic (exact) mass is 343 g/mol. The molecule has 0 aromatic rings. The van der Waals surface area contributed by atoms with Crippen LogP contribution in [0.15, 0.2) is 0 Å². The van der Waals surface area contributed by atoms with Crippen molar-refractivity contribution in [1.29, 1.82) is 0 Å². The molecule has 94 valence electrons. The Kier molecular flexibility index (Phi) is 6.06. The van der Waals surface area contributed by atoms with Gasteiger partial charge in [0, 0.05) is 7.05 Å². The van der Waals surface area contributed by atoms with Crippen LogP contribution in [-0.4, -0.2) is 40.3 Å². The Hall–Kier alpha value is -0.530. The van der Waals surface area contributed by atoms with Crippen LogP contribution in [0.4, 0.5) is 4.79 Å². The molecule has 0 saturated carbocycles. The Bertz CT molecular complexity index is 262. The summed E-state index contributed by atoms with van der Waals surface area (Å²) in [5.74, 6) is -0.442. The Morgan fingerprint density at radius 1 is 1.38 bits per heavy atom. The number of rotatable bonds is 3. The van der Waals surface area contributed by atoms with E-state index in [-0.39, 0.29) is 4.61 Å². The van der Waals surface area contributed by atoms with E-state index in [0.29, 0.717) is 0 Å². The molecule has 0 aliphatic heterocycles. The summed E-state index contributed by atoms with van der Waals surface area (Å²) in [6, 6.07) is -0.649. The molecule has 0 aliphatic carbocycles. The van der Waals surface area contributed by atoms with Crippen LogP contribution in [0.3, 0.4) is 0 Å². The number of amides is 1. The number of halogens is 1. The Balaban J connectivity index is 4.38. The standard InChI is InChI=1S/C10H18INO4/c1-7(8(13)15-6-11)12(5)9(14)16-10(2,3)4/h7H,6H2,1-5H3/t7-/m0/s1. The molecule has 0 heterocycles. The lowest BCUT2D eigenvalue weighted by molar-refractivity contribution is -0.146. The van der Waals surface area contributed by atoms with Gasteiger partial charge in [-0.3, -0.25) is 4.90 Å². The van der Waals surface area contributed by atoms with Crippen molar-refractivity contribution in [3.8, 4) is 0 Å². The normalized spacial score (nSPS) is 12.9. The molecule has 0 saturated heterocycles. The molecular weight excluding hydrogens is 325 g/mol. The van der Waals surface area contributed by atoms with Crippen molar-refractivity contribution >= 4 is 34.7 Å². The summed E-state index contributed by atoms with van der Waals surface area (Å²) in [6.07, 6.45) is -0.537. The van der Waals surface area contributed by atoms with Crippen molar-refractivity contribution in [2.24, 2.45) is 0 Å². The van der Waals surface area contributed by atoms with Gasteiger partial charge in [0.15, 0.2) is 0 Å². The molecule has 0 rings (SSSR count). The van der Waals surface area contributed by atoms with Crippen LogP contribution in [0.2, 0.25) is 0 Å². The predicted octanol–water partition coefficient (Wildman–Crippen LogP) is 2.18. The zero-order chi connectivity index (χ0) is 12.9.